The molecule has 2 rings (SSSR count). The zero-order valence-electron chi connectivity index (χ0n) is 11.3. The number of rotatable bonds is 6. The monoisotopic (exact) mass is 264 g/mol. The lowest BCUT2D eigenvalue weighted by Gasteiger charge is -2.23. The number of hydroxylamine groups is 1. The normalized spacial score (nSPS) is 10.9. The highest BCUT2D eigenvalue weighted by atomic mass is 16.7. The number of nitrogen functional groups attached to an aromatic ring is 1. The predicted octanol–water partition coefficient (Wildman–Crippen LogP) is 1.15. The number of nitrogens with two attached hydrogens (primary N) is 1. The highest BCUT2D eigenvalue weighted by Crippen LogP contribution is 2.31. The first-order valence-corrected chi connectivity index (χ1v) is 6.31. The molecule has 6 nitrogen and oxygen atoms in total. The van der Waals surface area contributed by atoms with Gasteiger partial charge in [0.1, 0.15) is 0 Å². The molecule has 0 unspecified atom stereocenters. The van der Waals surface area contributed by atoms with Crippen LogP contribution in [-0.4, -0.2) is 36.6 Å². The average Bonchev–Trinajstić information content (AvgIpc) is 2.84. The van der Waals surface area contributed by atoms with Gasteiger partial charge in [-0.1, -0.05) is 0 Å². The van der Waals surface area contributed by atoms with Crippen molar-refractivity contribution in [3.8, 4) is 0 Å². The minimum absolute atomic E-state index is 0.0264. The highest BCUT2D eigenvalue weighted by Gasteiger charge is 2.14. The SMILES string of the molecule is CCON(CCO)c1ccc(N)c2c1ccn2NC. The minimum Gasteiger partial charge on any atom is -0.397 e. The number of aliphatic hydroxyl groups is 1. The smallest absolute Gasteiger partial charge is 0.0943 e. The third kappa shape index (κ3) is 2.45. The lowest BCUT2D eigenvalue weighted by atomic mass is 10.2. The van der Waals surface area contributed by atoms with Gasteiger partial charge in [0, 0.05) is 18.6 Å². The molecular weight excluding hydrogens is 244 g/mol. The van der Waals surface area contributed by atoms with E-state index in [0.717, 1.165) is 16.6 Å². The van der Waals surface area contributed by atoms with Crippen molar-refractivity contribution in [2.75, 3.05) is 43.0 Å². The first-order chi connectivity index (χ1) is 9.22. The fourth-order valence-electron chi connectivity index (χ4n) is 2.18. The Balaban J connectivity index is 2.53. The Kier molecular flexibility index (Phi) is 4.13. The molecule has 0 atom stereocenters. The number of fused-ring (bicyclic) bond motifs is 1. The molecular formula is C13H20N4O2. The van der Waals surface area contributed by atoms with Crippen LogP contribution >= 0.6 is 0 Å². The number of anilines is 2. The lowest BCUT2D eigenvalue weighted by Crippen LogP contribution is -2.27. The third-order valence-corrected chi connectivity index (χ3v) is 2.95. The van der Waals surface area contributed by atoms with Crippen LogP contribution in [0.2, 0.25) is 0 Å². The molecule has 0 aliphatic heterocycles. The molecule has 0 saturated heterocycles. The quantitative estimate of drug-likeness (QED) is 0.539. The van der Waals surface area contributed by atoms with Crippen LogP contribution in [0.4, 0.5) is 11.4 Å². The second-order valence-corrected chi connectivity index (χ2v) is 4.09. The molecule has 0 fully saturated rings. The van der Waals surface area contributed by atoms with E-state index >= 15 is 0 Å². The van der Waals surface area contributed by atoms with Gasteiger partial charge in [-0.3, -0.25) is 14.6 Å². The Bertz CT molecular complexity index is 547. The third-order valence-electron chi connectivity index (χ3n) is 2.95. The summed E-state index contributed by atoms with van der Waals surface area (Å²) in [5.74, 6) is 0. The van der Waals surface area contributed by atoms with Crippen molar-refractivity contribution >= 4 is 22.3 Å². The van der Waals surface area contributed by atoms with Crippen molar-refractivity contribution in [2.45, 2.75) is 6.92 Å². The zero-order chi connectivity index (χ0) is 13.8. The number of aliphatic hydroxyl groups excluding tert-OH is 1. The number of hydrogen-bond acceptors (Lipinski definition) is 5. The van der Waals surface area contributed by atoms with Crippen molar-refractivity contribution in [1.82, 2.24) is 4.68 Å². The maximum Gasteiger partial charge on any atom is 0.0943 e. The fourth-order valence-corrected chi connectivity index (χ4v) is 2.18. The Morgan fingerprint density at radius 3 is 2.84 bits per heavy atom. The second-order valence-electron chi connectivity index (χ2n) is 4.09. The van der Waals surface area contributed by atoms with Gasteiger partial charge < -0.3 is 16.3 Å². The summed E-state index contributed by atoms with van der Waals surface area (Å²) in [7, 11) is 1.83. The summed E-state index contributed by atoms with van der Waals surface area (Å²) >= 11 is 0. The van der Waals surface area contributed by atoms with Crippen LogP contribution in [0.3, 0.4) is 0 Å². The van der Waals surface area contributed by atoms with Crippen LogP contribution in [0.15, 0.2) is 24.4 Å². The molecule has 2 aromatic rings. The van der Waals surface area contributed by atoms with Crippen molar-refractivity contribution in [3.63, 3.8) is 0 Å². The predicted molar refractivity (Wildman–Crippen MR) is 77.7 cm³/mol. The number of aromatic nitrogens is 1. The van der Waals surface area contributed by atoms with Gasteiger partial charge in [-0.15, -0.1) is 0 Å². The van der Waals surface area contributed by atoms with Crippen LogP contribution in [-0.2, 0) is 4.84 Å². The van der Waals surface area contributed by atoms with Crippen molar-refractivity contribution in [3.05, 3.63) is 24.4 Å². The second kappa shape index (κ2) is 5.81. The maximum atomic E-state index is 9.14. The van der Waals surface area contributed by atoms with Gasteiger partial charge in [-0.25, -0.2) is 0 Å². The summed E-state index contributed by atoms with van der Waals surface area (Å²) in [4.78, 5) is 5.56. The Morgan fingerprint density at radius 2 is 2.21 bits per heavy atom. The summed E-state index contributed by atoms with van der Waals surface area (Å²) in [6.07, 6.45) is 1.91. The standard InChI is InChI=1S/C13H20N4O2/c1-3-19-17(8-9-18)12-5-4-11(14)13-10(12)6-7-16(13)15-2/h4-7,15,18H,3,8-9,14H2,1-2H3. The number of nitrogens with one attached hydrogen (secondary N) is 1. The summed E-state index contributed by atoms with van der Waals surface area (Å²) in [5, 5.41) is 11.8. The van der Waals surface area contributed by atoms with Crippen LogP contribution < -0.4 is 16.2 Å². The van der Waals surface area contributed by atoms with E-state index in [4.69, 9.17) is 15.7 Å². The van der Waals surface area contributed by atoms with Crippen molar-refractivity contribution < 1.29 is 9.94 Å². The molecule has 0 aliphatic carbocycles. The van der Waals surface area contributed by atoms with Gasteiger partial charge >= 0.3 is 0 Å². The van der Waals surface area contributed by atoms with Gasteiger partial charge in [-0.2, -0.15) is 0 Å². The summed E-state index contributed by atoms with van der Waals surface area (Å²) in [5.41, 5.74) is 11.6. The Labute approximate surface area is 112 Å². The summed E-state index contributed by atoms with van der Waals surface area (Å²) in [6.45, 7) is 2.90. The summed E-state index contributed by atoms with van der Waals surface area (Å²) < 4.78 is 1.86. The van der Waals surface area contributed by atoms with Gasteiger partial charge in [0.25, 0.3) is 0 Å². The van der Waals surface area contributed by atoms with Gasteiger partial charge in [-0.05, 0) is 25.1 Å². The first kappa shape index (κ1) is 13.5. The Morgan fingerprint density at radius 1 is 1.42 bits per heavy atom. The van der Waals surface area contributed by atoms with Gasteiger partial charge in [0.15, 0.2) is 0 Å². The Hall–Kier alpha value is -1.92. The van der Waals surface area contributed by atoms with Crippen LogP contribution in [0.25, 0.3) is 10.9 Å². The van der Waals surface area contributed by atoms with Crippen LogP contribution in [0.1, 0.15) is 6.92 Å². The molecule has 0 spiro atoms. The first-order valence-electron chi connectivity index (χ1n) is 6.31. The van der Waals surface area contributed by atoms with E-state index in [9.17, 15) is 0 Å². The van der Waals surface area contributed by atoms with E-state index in [0.29, 0.717) is 18.8 Å². The lowest BCUT2D eigenvalue weighted by molar-refractivity contribution is 0.108. The van der Waals surface area contributed by atoms with Crippen LogP contribution in [0.5, 0.6) is 0 Å². The van der Waals surface area contributed by atoms with E-state index < -0.39 is 0 Å². The minimum atomic E-state index is 0.0264. The summed E-state index contributed by atoms with van der Waals surface area (Å²) in [6, 6.07) is 5.72. The number of benzene rings is 1. The molecule has 0 bridgehead atoms. The molecule has 1 aromatic heterocycles. The molecule has 19 heavy (non-hydrogen) atoms. The molecule has 0 amide bonds. The van der Waals surface area contributed by atoms with Crippen molar-refractivity contribution in [1.29, 1.82) is 0 Å². The van der Waals surface area contributed by atoms with Crippen LogP contribution in [0, 0.1) is 0 Å². The van der Waals surface area contributed by atoms with Crippen molar-refractivity contribution in [2.24, 2.45) is 0 Å². The molecule has 0 aliphatic rings. The highest BCUT2D eigenvalue weighted by molar-refractivity contribution is 5.99. The van der Waals surface area contributed by atoms with E-state index in [2.05, 4.69) is 5.43 Å². The largest absolute Gasteiger partial charge is 0.397 e. The molecule has 1 aromatic carbocycles. The van der Waals surface area contributed by atoms with E-state index in [1.54, 1.807) is 5.06 Å². The molecule has 0 radical (unpaired) electrons. The molecule has 4 N–H and O–H groups in total. The molecule has 1 heterocycles. The molecule has 104 valence electrons. The molecule has 6 heteroatoms. The van der Waals surface area contributed by atoms with E-state index in [1.807, 2.05) is 43.0 Å². The topological polar surface area (TPSA) is 75.7 Å². The maximum absolute atomic E-state index is 9.14. The van der Waals surface area contributed by atoms with Gasteiger partial charge in [0.2, 0.25) is 0 Å². The molecule has 0 saturated carbocycles. The van der Waals surface area contributed by atoms with E-state index in [-0.39, 0.29) is 6.61 Å². The number of nitrogens with zero attached hydrogens (tertiary/aromatic N) is 2. The van der Waals surface area contributed by atoms with Gasteiger partial charge in [0.05, 0.1) is 36.6 Å². The zero-order valence-corrected chi connectivity index (χ0v) is 11.3. The van der Waals surface area contributed by atoms with E-state index in [1.165, 1.54) is 0 Å². The number of hydrogen-bond donors (Lipinski definition) is 3. The average molecular weight is 264 g/mol. The fraction of sp³-hybridized carbons (Fsp3) is 0.385.